The van der Waals surface area contributed by atoms with Crippen molar-refractivity contribution in [1.82, 2.24) is 0 Å². The monoisotopic (exact) mass is 638 g/mol. The first-order chi connectivity index (χ1) is 20.7. The van der Waals surface area contributed by atoms with Crippen molar-refractivity contribution in [1.29, 1.82) is 0 Å². The van der Waals surface area contributed by atoms with E-state index in [1.54, 1.807) is 6.92 Å². The summed E-state index contributed by atoms with van der Waals surface area (Å²) in [6.45, 7) is 16.8. The van der Waals surface area contributed by atoms with Crippen molar-refractivity contribution in [3.63, 3.8) is 0 Å². The van der Waals surface area contributed by atoms with Crippen LogP contribution in [-0.4, -0.2) is 96.5 Å². The molecule has 0 aromatic carbocycles. The van der Waals surface area contributed by atoms with Gasteiger partial charge in [-0.3, -0.25) is 0 Å². The number of allylic oxidation sites excluding steroid dienone is 2. The zero-order chi connectivity index (χ0) is 33.5. The molecule has 0 bridgehead atoms. The van der Waals surface area contributed by atoms with Crippen LogP contribution in [0.25, 0.3) is 0 Å². The Kier molecular flexibility index (Phi) is 9.33. The Hall–Kier alpha value is -0.620. The first kappa shape index (κ1) is 35.7. The quantitative estimate of drug-likeness (QED) is 0.164. The summed E-state index contributed by atoms with van der Waals surface area (Å²) in [7, 11) is 0. The van der Waals surface area contributed by atoms with Gasteiger partial charge in [-0.2, -0.15) is 0 Å². The van der Waals surface area contributed by atoms with Gasteiger partial charge in [0.2, 0.25) is 0 Å². The molecule has 9 heteroatoms. The number of fused-ring (bicyclic) bond motifs is 5. The smallest absolute Gasteiger partial charge is 0.186 e. The standard InChI is InChI=1S/C36H62O9/c1-20(2)10-9-13-35(8,42)36(43)17-16-34(7)29(36)21(38)18-24-32(5)14-12-25(31(3,4)23(32)11-15-33(24,34)6)45-30-28(41)27(40)26(39)22(19-37)44-30/h10,21-30,37-43H,9,11-19H2,1-8H3/t21-,22-,23+,24-,25-,26-,27+,28-,29+,30+,32+,33-,34-,35+,36-/m1/s1. The molecule has 9 nitrogen and oxygen atoms in total. The number of ether oxygens (including phenoxy) is 2. The van der Waals surface area contributed by atoms with E-state index in [1.807, 2.05) is 13.8 Å². The average molecular weight is 639 g/mol. The van der Waals surface area contributed by atoms with Gasteiger partial charge in [0.15, 0.2) is 6.29 Å². The highest BCUT2D eigenvalue weighted by Gasteiger charge is 2.75. The molecule has 4 saturated carbocycles. The van der Waals surface area contributed by atoms with Crippen molar-refractivity contribution in [2.45, 2.75) is 167 Å². The second-order valence-electron chi connectivity index (χ2n) is 17.5. The normalized spacial score (nSPS) is 52.2. The Bertz CT molecular complexity index is 1120. The maximum absolute atomic E-state index is 12.4. The van der Waals surface area contributed by atoms with Crippen LogP contribution in [0.5, 0.6) is 0 Å². The number of aliphatic hydroxyl groups excluding tert-OH is 5. The van der Waals surface area contributed by atoms with E-state index in [4.69, 9.17) is 9.47 Å². The summed E-state index contributed by atoms with van der Waals surface area (Å²) in [4.78, 5) is 0. The maximum Gasteiger partial charge on any atom is 0.186 e. The number of hydrogen-bond acceptors (Lipinski definition) is 9. The molecule has 0 spiro atoms. The van der Waals surface area contributed by atoms with Gasteiger partial charge >= 0.3 is 0 Å². The van der Waals surface area contributed by atoms with Crippen LogP contribution >= 0.6 is 0 Å². The van der Waals surface area contributed by atoms with Crippen LogP contribution in [0.1, 0.15) is 113 Å². The zero-order valence-electron chi connectivity index (χ0n) is 28.9. The summed E-state index contributed by atoms with van der Waals surface area (Å²) in [6.07, 6.45) is 0.879. The van der Waals surface area contributed by atoms with Gasteiger partial charge in [0.1, 0.15) is 24.4 Å². The maximum atomic E-state index is 12.4. The van der Waals surface area contributed by atoms with Gasteiger partial charge in [-0.05, 0) is 112 Å². The lowest BCUT2D eigenvalue weighted by Gasteiger charge is -2.71. The molecule has 45 heavy (non-hydrogen) atoms. The minimum absolute atomic E-state index is 0.118. The van der Waals surface area contributed by atoms with Gasteiger partial charge in [0, 0.05) is 5.92 Å². The predicted octanol–water partition coefficient (Wildman–Crippen LogP) is 3.44. The predicted molar refractivity (Wildman–Crippen MR) is 170 cm³/mol. The van der Waals surface area contributed by atoms with E-state index in [0.29, 0.717) is 32.1 Å². The molecule has 5 fully saturated rings. The van der Waals surface area contributed by atoms with Gasteiger partial charge in [-0.1, -0.05) is 46.3 Å². The summed E-state index contributed by atoms with van der Waals surface area (Å²) in [5.74, 6) is 0.0176. The van der Waals surface area contributed by atoms with E-state index in [9.17, 15) is 35.7 Å². The largest absolute Gasteiger partial charge is 0.394 e. The van der Waals surface area contributed by atoms with Crippen molar-refractivity contribution in [3.05, 3.63) is 11.6 Å². The van der Waals surface area contributed by atoms with E-state index in [0.717, 1.165) is 25.7 Å². The average Bonchev–Trinajstić information content (AvgIpc) is 3.25. The molecule has 0 aromatic heterocycles. The first-order valence-electron chi connectivity index (χ1n) is 17.4. The zero-order valence-corrected chi connectivity index (χ0v) is 28.9. The van der Waals surface area contributed by atoms with Crippen molar-refractivity contribution in [3.8, 4) is 0 Å². The molecule has 260 valence electrons. The highest BCUT2D eigenvalue weighted by molar-refractivity contribution is 5.24. The Labute approximate surface area is 270 Å². The Morgan fingerprint density at radius 3 is 2.18 bits per heavy atom. The number of hydrogen-bond donors (Lipinski definition) is 7. The molecule has 0 aromatic rings. The van der Waals surface area contributed by atoms with E-state index in [-0.39, 0.29) is 39.6 Å². The molecular weight excluding hydrogens is 576 g/mol. The van der Waals surface area contributed by atoms with Crippen LogP contribution in [0.2, 0.25) is 0 Å². The van der Waals surface area contributed by atoms with Gasteiger partial charge in [-0.15, -0.1) is 0 Å². The van der Waals surface area contributed by atoms with Crippen molar-refractivity contribution in [2.24, 2.45) is 39.4 Å². The minimum atomic E-state index is -1.48. The van der Waals surface area contributed by atoms with Crippen LogP contribution in [0.15, 0.2) is 11.6 Å². The molecule has 5 rings (SSSR count). The van der Waals surface area contributed by atoms with Crippen LogP contribution in [0, 0.1) is 39.4 Å². The Balaban J connectivity index is 1.40. The third kappa shape index (κ3) is 5.21. The van der Waals surface area contributed by atoms with Crippen molar-refractivity contribution in [2.75, 3.05) is 6.61 Å². The van der Waals surface area contributed by atoms with Crippen LogP contribution in [0.4, 0.5) is 0 Å². The van der Waals surface area contributed by atoms with Gasteiger partial charge in [-0.25, -0.2) is 0 Å². The molecule has 1 heterocycles. The third-order valence-electron chi connectivity index (χ3n) is 14.6. The van der Waals surface area contributed by atoms with E-state index in [1.165, 1.54) is 5.57 Å². The van der Waals surface area contributed by atoms with Crippen molar-refractivity contribution >= 4 is 0 Å². The van der Waals surface area contributed by atoms with E-state index >= 15 is 0 Å². The molecule has 4 aliphatic carbocycles. The molecular formula is C36H62O9. The molecule has 7 N–H and O–H groups in total. The Morgan fingerprint density at radius 2 is 1.56 bits per heavy atom. The minimum Gasteiger partial charge on any atom is -0.394 e. The fourth-order valence-electron chi connectivity index (χ4n) is 11.8. The fourth-order valence-corrected chi connectivity index (χ4v) is 11.8. The fraction of sp³-hybridized carbons (Fsp3) is 0.944. The highest BCUT2D eigenvalue weighted by Crippen LogP contribution is 2.76. The van der Waals surface area contributed by atoms with Crippen molar-refractivity contribution < 1.29 is 45.2 Å². The molecule has 15 atom stereocenters. The van der Waals surface area contributed by atoms with E-state index in [2.05, 4.69) is 40.7 Å². The van der Waals surface area contributed by atoms with Gasteiger partial charge in [0.25, 0.3) is 0 Å². The number of aliphatic hydroxyl groups is 7. The molecule has 0 radical (unpaired) electrons. The Morgan fingerprint density at radius 1 is 0.889 bits per heavy atom. The summed E-state index contributed by atoms with van der Waals surface area (Å²) in [6, 6.07) is 0. The van der Waals surface area contributed by atoms with E-state index < -0.39 is 60.5 Å². The lowest BCUT2D eigenvalue weighted by molar-refractivity contribution is -0.332. The molecule has 5 aliphatic rings. The van der Waals surface area contributed by atoms with Crippen LogP contribution in [-0.2, 0) is 9.47 Å². The third-order valence-corrected chi connectivity index (χ3v) is 14.6. The lowest BCUT2D eigenvalue weighted by Crippen LogP contribution is -2.69. The second-order valence-corrected chi connectivity index (χ2v) is 17.5. The van der Waals surface area contributed by atoms with Crippen LogP contribution < -0.4 is 0 Å². The summed E-state index contributed by atoms with van der Waals surface area (Å²) >= 11 is 0. The summed E-state index contributed by atoms with van der Waals surface area (Å²) in [5.41, 5.74) is -2.47. The number of rotatable bonds is 7. The van der Waals surface area contributed by atoms with Crippen LogP contribution in [0.3, 0.4) is 0 Å². The van der Waals surface area contributed by atoms with Gasteiger partial charge < -0.3 is 45.2 Å². The molecule has 1 aliphatic heterocycles. The molecule has 0 unspecified atom stereocenters. The summed E-state index contributed by atoms with van der Waals surface area (Å²) in [5, 5.41) is 77.2. The molecule has 0 amide bonds. The second kappa shape index (κ2) is 11.8. The topological polar surface area (TPSA) is 160 Å². The molecule has 1 saturated heterocycles. The SMILES string of the molecule is CC(C)=CCC[C@](C)(O)[C@@]1(O)CC[C@]2(C)[C@@H]1[C@H](O)C[C@@H]1[C@@]3(C)CC[C@@H](O[C@@H]4O[C@H](CO)[C@@H](O)[C@H](O)[C@H]4O)C(C)(C)[C@@H]3CC[C@]12C. The highest BCUT2D eigenvalue weighted by atomic mass is 16.7. The lowest BCUT2D eigenvalue weighted by atomic mass is 9.35. The summed E-state index contributed by atoms with van der Waals surface area (Å²) < 4.78 is 12.2. The van der Waals surface area contributed by atoms with Gasteiger partial charge in [0.05, 0.1) is 30.0 Å². The first-order valence-corrected chi connectivity index (χ1v) is 17.4.